The fraction of sp³-hybridized carbons (Fsp3) is 0.138. The quantitative estimate of drug-likeness (QED) is 0.120. The van der Waals surface area contributed by atoms with Crippen molar-refractivity contribution >= 4 is 40.8 Å². The minimum atomic E-state index is -1.54. The van der Waals surface area contributed by atoms with E-state index in [0.717, 1.165) is 33.6 Å². The molecule has 0 saturated heterocycles. The zero-order chi connectivity index (χ0) is 24.9. The first-order chi connectivity index (χ1) is 17.5. The Morgan fingerprint density at radius 3 is 2.44 bits per heavy atom. The minimum absolute atomic E-state index is 0.346. The van der Waals surface area contributed by atoms with Crippen LogP contribution < -0.4 is 12.5 Å². The van der Waals surface area contributed by atoms with Crippen LogP contribution in [0, 0.1) is 6.92 Å². The maximum absolute atomic E-state index is 13.1. The summed E-state index contributed by atoms with van der Waals surface area (Å²) in [6.45, 7) is 2.45. The van der Waals surface area contributed by atoms with Crippen LogP contribution in [0.1, 0.15) is 38.2 Å². The van der Waals surface area contributed by atoms with E-state index in [0.29, 0.717) is 29.4 Å². The van der Waals surface area contributed by atoms with Crippen LogP contribution >= 0.6 is 34.9 Å². The Kier molecular flexibility index (Phi) is 6.07. The van der Waals surface area contributed by atoms with E-state index in [4.69, 9.17) is 17.3 Å². The first-order valence-electron chi connectivity index (χ1n) is 11.4. The summed E-state index contributed by atoms with van der Waals surface area (Å²) in [7, 11) is 0. The van der Waals surface area contributed by atoms with Crippen LogP contribution in [0.4, 0.5) is 0 Å². The van der Waals surface area contributed by atoms with Crippen molar-refractivity contribution in [2.75, 3.05) is 4.93 Å². The third-order valence-corrected chi connectivity index (χ3v) is 8.62. The van der Waals surface area contributed by atoms with Crippen LogP contribution in [0.5, 0.6) is 23.0 Å². The number of benzene rings is 4. The number of halogens is 2. The van der Waals surface area contributed by atoms with Crippen molar-refractivity contribution in [2.24, 2.45) is 0 Å². The molecule has 0 radical (unpaired) electrons. The zero-order valence-electron chi connectivity index (χ0n) is 19.6. The van der Waals surface area contributed by atoms with Gasteiger partial charge in [0.05, 0.1) is 0 Å². The number of aryl methyl sites for hydroxylation is 1. The predicted molar refractivity (Wildman–Crippen MR) is 155 cm³/mol. The second-order valence-electron chi connectivity index (χ2n) is 8.70. The van der Waals surface area contributed by atoms with Gasteiger partial charge in [-0.25, -0.2) is 0 Å². The standard InChI is InChI=1S/C29H22I2O5/c1-18-14-24-27(16-25(18)36-31(2)30)34-26-15-20(33-17-19-8-4-3-5-9-19)12-13-23(26)29(24)22-11-7-6-10-21(22)28(32)35-29/h3-16H,17H2,1-2H3. The van der Waals surface area contributed by atoms with Crippen molar-refractivity contribution in [2.45, 2.75) is 19.1 Å². The van der Waals surface area contributed by atoms with Crippen molar-refractivity contribution < 1.29 is 22.1 Å². The number of hydrogen-bond acceptors (Lipinski definition) is 5. The van der Waals surface area contributed by atoms with Gasteiger partial charge in [-0.15, -0.1) is 0 Å². The van der Waals surface area contributed by atoms with E-state index in [-0.39, 0.29) is 5.97 Å². The number of ether oxygens (including phenoxy) is 3. The summed E-state index contributed by atoms with van der Waals surface area (Å²) in [5.41, 5.74) is 3.88. The Labute approximate surface area is 226 Å². The van der Waals surface area contributed by atoms with Crippen molar-refractivity contribution in [3.8, 4) is 23.0 Å². The molecule has 0 N–H and O–H groups in total. The molecule has 0 amide bonds. The second kappa shape index (κ2) is 9.26. The molecule has 0 aliphatic carbocycles. The monoisotopic (exact) mass is 704 g/mol. The molecule has 4 aromatic rings. The van der Waals surface area contributed by atoms with E-state index in [1.165, 1.54) is 0 Å². The summed E-state index contributed by atoms with van der Waals surface area (Å²) in [5.74, 6) is 2.33. The summed E-state index contributed by atoms with van der Waals surface area (Å²) in [6.07, 6.45) is 0. The van der Waals surface area contributed by atoms with Crippen molar-refractivity contribution in [3.05, 3.63) is 118 Å². The van der Waals surface area contributed by atoms with Crippen LogP contribution in [0.15, 0.2) is 84.9 Å². The number of carbonyl (C=O) groups excluding carboxylic acids is 1. The predicted octanol–water partition coefficient (Wildman–Crippen LogP) is 7.92. The number of carbonyl (C=O) groups is 1. The molecule has 0 fully saturated rings. The van der Waals surface area contributed by atoms with Crippen LogP contribution in [-0.4, -0.2) is 10.9 Å². The van der Waals surface area contributed by atoms with Gasteiger partial charge < -0.3 is 0 Å². The number of hydrogen-bond donors (Lipinski definition) is 0. The van der Waals surface area contributed by atoms with Gasteiger partial charge in [-0.3, -0.25) is 0 Å². The van der Waals surface area contributed by atoms with Crippen molar-refractivity contribution in [1.29, 1.82) is 0 Å². The van der Waals surface area contributed by atoms with E-state index in [9.17, 15) is 4.79 Å². The molecule has 0 bridgehead atoms. The molecule has 4 aromatic carbocycles. The van der Waals surface area contributed by atoms with E-state index in [2.05, 4.69) is 23.5 Å². The van der Waals surface area contributed by atoms with Crippen LogP contribution in [0.3, 0.4) is 0 Å². The number of fused-ring (bicyclic) bond motifs is 6. The van der Waals surface area contributed by atoms with Gasteiger partial charge in [-0.2, -0.15) is 0 Å². The molecule has 6 rings (SSSR count). The number of rotatable bonds is 5. The fourth-order valence-electron chi connectivity index (χ4n) is 4.82. The third kappa shape index (κ3) is 3.92. The molecule has 5 nitrogen and oxygen atoms in total. The first kappa shape index (κ1) is 23.6. The molecular formula is C29H22I2O5. The first-order valence-corrected chi connectivity index (χ1v) is 20.7. The van der Waals surface area contributed by atoms with Crippen LogP contribution in [-0.2, 0) is 16.9 Å². The molecule has 2 heterocycles. The molecule has 2 aliphatic rings. The third-order valence-electron chi connectivity index (χ3n) is 6.42. The Bertz CT molecular complexity index is 1480. The molecule has 7 heteroatoms. The second-order valence-corrected chi connectivity index (χ2v) is 18.9. The summed E-state index contributed by atoms with van der Waals surface area (Å²) in [6, 6.07) is 27.2. The molecule has 1 atom stereocenters. The number of alkyl halides is 1. The summed E-state index contributed by atoms with van der Waals surface area (Å²) < 4.78 is 25.0. The molecule has 1 spiro atoms. The molecule has 36 heavy (non-hydrogen) atoms. The number of esters is 1. The van der Waals surface area contributed by atoms with Crippen molar-refractivity contribution in [1.82, 2.24) is 0 Å². The maximum atomic E-state index is 13.1. The van der Waals surface area contributed by atoms with E-state index in [1.807, 2.05) is 91.9 Å². The molecule has 0 saturated carbocycles. The molecule has 182 valence electrons. The van der Waals surface area contributed by atoms with Crippen LogP contribution in [0.25, 0.3) is 0 Å². The van der Waals surface area contributed by atoms with Gasteiger partial charge in [0, 0.05) is 0 Å². The van der Waals surface area contributed by atoms with E-state index < -0.39 is 21.9 Å². The Balaban J connectivity index is 1.49. The van der Waals surface area contributed by atoms with Gasteiger partial charge in [0.2, 0.25) is 0 Å². The summed E-state index contributed by atoms with van der Waals surface area (Å²) >= 11 is 0.837. The SMILES string of the molecule is Cc1cc2c(cc1OI(C)I)Oc1cc(OCc3ccccc3)ccc1C21OC(=O)c2ccccc21. The van der Waals surface area contributed by atoms with Crippen molar-refractivity contribution in [3.63, 3.8) is 0 Å². The van der Waals surface area contributed by atoms with E-state index in [1.54, 1.807) is 0 Å². The average molecular weight is 704 g/mol. The summed E-state index contributed by atoms with van der Waals surface area (Å²) in [4.78, 5) is 15.2. The van der Waals surface area contributed by atoms with Gasteiger partial charge in [0.15, 0.2) is 0 Å². The zero-order valence-corrected chi connectivity index (χ0v) is 23.9. The Morgan fingerprint density at radius 2 is 1.64 bits per heavy atom. The van der Waals surface area contributed by atoms with Gasteiger partial charge in [0.25, 0.3) is 0 Å². The summed E-state index contributed by atoms with van der Waals surface area (Å²) in [5, 5.41) is 0. The molecule has 2 aliphatic heterocycles. The van der Waals surface area contributed by atoms with Gasteiger partial charge in [-0.05, 0) is 0 Å². The van der Waals surface area contributed by atoms with Crippen LogP contribution in [0.2, 0.25) is 0 Å². The average Bonchev–Trinajstić information content (AvgIpc) is 3.17. The fourth-order valence-corrected chi connectivity index (χ4v) is 7.15. The molecule has 1 unspecified atom stereocenters. The van der Waals surface area contributed by atoms with E-state index >= 15 is 0 Å². The van der Waals surface area contributed by atoms with Gasteiger partial charge in [0.1, 0.15) is 0 Å². The molecular weight excluding hydrogens is 682 g/mol. The van der Waals surface area contributed by atoms with Gasteiger partial charge in [-0.1, -0.05) is 18.2 Å². The normalized spacial score (nSPS) is 17.4. The van der Waals surface area contributed by atoms with Gasteiger partial charge >= 0.3 is 210 Å². The Morgan fingerprint density at radius 1 is 0.889 bits per heavy atom. The topological polar surface area (TPSA) is 54.0 Å². The molecule has 0 aromatic heterocycles. The Hall–Kier alpha value is -2.79.